The first-order valence-corrected chi connectivity index (χ1v) is 13.1. The van der Waals surface area contributed by atoms with Crippen LogP contribution in [0.3, 0.4) is 0 Å². The second kappa shape index (κ2) is 11.6. The van der Waals surface area contributed by atoms with E-state index >= 15 is 0 Å². The highest BCUT2D eigenvalue weighted by Gasteiger charge is 2.33. The van der Waals surface area contributed by atoms with Crippen molar-refractivity contribution in [2.75, 3.05) is 20.3 Å². The van der Waals surface area contributed by atoms with Gasteiger partial charge in [-0.2, -0.15) is 0 Å². The Kier molecular flexibility index (Phi) is 8.26. The third-order valence-corrected chi connectivity index (χ3v) is 7.18. The second-order valence-corrected chi connectivity index (χ2v) is 10.1. The minimum absolute atomic E-state index is 0.186. The number of hydrogen-bond donors (Lipinski definition) is 0. The summed E-state index contributed by atoms with van der Waals surface area (Å²) in [4.78, 5) is 43.2. The number of hydrogen-bond acceptors (Lipinski definition) is 8. The van der Waals surface area contributed by atoms with E-state index in [1.54, 1.807) is 48.8 Å². The van der Waals surface area contributed by atoms with Crippen LogP contribution in [0.15, 0.2) is 69.6 Å². The van der Waals surface area contributed by atoms with Crippen LogP contribution in [-0.4, -0.2) is 36.8 Å². The van der Waals surface area contributed by atoms with E-state index in [1.807, 2.05) is 24.3 Å². The van der Waals surface area contributed by atoms with E-state index in [-0.39, 0.29) is 18.8 Å². The van der Waals surface area contributed by atoms with Crippen LogP contribution in [0.5, 0.6) is 5.75 Å². The van der Waals surface area contributed by atoms with Crippen molar-refractivity contribution in [1.29, 1.82) is 0 Å². The summed E-state index contributed by atoms with van der Waals surface area (Å²) in [5.74, 6) is -0.0942. The fourth-order valence-electron chi connectivity index (χ4n) is 4.18. The summed E-state index contributed by atoms with van der Waals surface area (Å²) < 4.78 is 17.4. The molecule has 0 aliphatic carbocycles. The Balaban J connectivity index is 1.78. The zero-order valence-corrected chi connectivity index (χ0v) is 22.8. The minimum Gasteiger partial charge on any atom is -0.482 e. The Bertz CT molecular complexity index is 1550. The third-order valence-electron chi connectivity index (χ3n) is 6.20. The van der Waals surface area contributed by atoms with Gasteiger partial charge in [-0.15, -0.1) is 0 Å². The van der Waals surface area contributed by atoms with Gasteiger partial charge in [0.1, 0.15) is 5.75 Å². The lowest BCUT2D eigenvalue weighted by Gasteiger charge is -2.25. The molecule has 1 atom stereocenters. The lowest BCUT2D eigenvalue weighted by molar-refractivity contribution is -0.143. The van der Waals surface area contributed by atoms with Crippen molar-refractivity contribution in [3.05, 3.63) is 96.2 Å². The van der Waals surface area contributed by atoms with Crippen LogP contribution in [0.25, 0.3) is 6.08 Å². The summed E-state index contributed by atoms with van der Waals surface area (Å²) in [5, 5.41) is 0. The van der Waals surface area contributed by atoms with Crippen LogP contribution < -0.4 is 19.6 Å². The van der Waals surface area contributed by atoms with Crippen molar-refractivity contribution in [3.63, 3.8) is 0 Å². The number of carbonyl (C=O) groups is 2. The monoisotopic (exact) mass is 534 g/mol. The fourth-order valence-corrected chi connectivity index (χ4v) is 5.23. The average Bonchev–Trinajstić information content (AvgIpc) is 3.21. The summed E-state index contributed by atoms with van der Waals surface area (Å²) in [6.45, 7) is 7.79. The molecule has 3 aromatic rings. The number of carbonyl (C=O) groups excluding carboxylic acids is 2. The van der Waals surface area contributed by atoms with Crippen molar-refractivity contribution in [2.24, 2.45) is 4.99 Å². The molecule has 198 valence electrons. The highest BCUT2D eigenvalue weighted by Crippen LogP contribution is 2.31. The lowest BCUT2D eigenvalue weighted by atomic mass is 9.93. The van der Waals surface area contributed by atoms with Crippen LogP contribution >= 0.6 is 11.3 Å². The van der Waals surface area contributed by atoms with Gasteiger partial charge in [-0.05, 0) is 54.7 Å². The SMILES string of the molecule is CCOC(=O)C1=C(C)N=c2sc(=Cc3ccc(OCC(=O)OC)cc3)c(=O)n2C1c1ccc(C(C)C)cc1. The van der Waals surface area contributed by atoms with Gasteiger partial charge in [-0.25, -0.2) is 14.6 Å². The van der Waals surface area contributed by atoms with E-state index in [2.05, 4.69) is 23.6 Å². The molecule has 9 heteroatoms. The first kappa shape index (κ1) is 27.1. The predicted molar refractivity (Wildman–Crippen MR) is 145 cm³/mol. The third kappa shape index (κ3) is 5.62. The Morgan fingerprint density at radius 3 is 2.39 bits per heavy atom. The number of aromatic nitrogens is 1. The fraction of sp³-hybridized carbons (Fsp3) is 0.310. The van der Waals surface area contributed by atoms with Gasteiger partial charge >= 0.3 is 11.9 Å². The topological polar surface area (TPSA) is 96.2 Å². The molecule has 0 bridgehead atoms. The van der Waals surface area contributed by atoms with Crippen LogP contribution in [0, 0.1) is 0 Å². The number of benzene rings is 2. The zero-order valence-electron chi connectivity index (χ0n) is 22.0. The second-order valence-electron chi connectivity index (χ2n) is 9.06. The van der Waals surface area contributed by atoms with Crippen LogP contribution in [-0.2, 0) is 19.1 Å². The maximum atomic E-state index is 13.7. The molecule has 8 nitrogen and oxygen atoms in total. The van der Waals surface area contributed by atoms with E-state index in [0.717, 1.165) is 11.1 Å². The molecule has 0 spiro atoms. The van der Waals surface area contributed by atoms with Gasteiger partial charge in [0.05, 0.1) is 35.6 Å². The van der Waals surface area contributed by atoms with E-state index in [9.17, 15) is 14.4 Å². The van der Waals surface area contributed by atoms with E-state index < -0.39 is 18.0 Å². The summed E-state index contributed by atoms with van der Waals surface area (Å²) in [5.41, 5.74) is 3.40. The molecule has 0 N–H and O–H groups in total. The molecule has 38 heavy (non-hydrogen) atoms. The molecule has 0 saturated heterocycles. The van der Waals surface area contributed by atoms with Gasteiger partial charge < -0.3 is 14.2 Å². The van der Waals surface area contributed by atoms with E-state index in [0.29, 0.717) is 32.3 Å². The Hall–Kier alpha value is -3.98. The van der Waals surface area contributed by atoms with Crippen molar-refractivity contribution >= 4 is 29.4 Å². The largest absolute Gasteiger partial charge is 0.482 e. The number of allylic oxidation sites excluding steroid dienone is 1. The highest BCUT2D eigenvalue weighted by molar-refractivity contribution is 7.07. The maximum Gasteiger partial charge on any atom is 0.343 e. The number of thiazole rings is 1. The number of methoxy groups -OCH3 is 1. The molecule has 4 rings (SSSR count). The maximum absolute atomic E-state index is 13.7. The summed E-state index contributed by atoms with van der Waals surface area (Å²) >= 11 is 1.26. The number of ether oxygens (including phenoxy) is 3. The summed E-state index contributed by atoms with van der Waals surface area (Å²) in [6, 6.07) is 14.3. The summed E-state index contributed by atoms with van der Waals surface area (Å²) in [6.07, 6.45) is 1.77. The number of rotatable bonds is 8. The highest BCUT2D eigenvalue weighted by atomic mass is 32.1. The smallest absolute Gasteiger partial charge is 0.343 e. The van der Waals surface area contributed by atoms with E-state index in [1.165, 1.54) is 24.0 Å². The number of fused-ring (bicyclic) bond motifs is 1. The summed E-state index contributed by atoms with van der Waals surface area (Å²) in [7, 11) is 1.30. The number of esters is 2. The van der Waals surface area contributed by atoms with Gasteiger partial charge in [0.25, 0.3) is 5.56 Å². The van der Waals surface area contributed by atoms with Crippen LogP contribution in [0.1, 0.15) is 56.3 Å². The average molecular weight is 535 g/mol. The molecule has 0 saturated carbocycles. The normalized spacial score (nSPS) is 15.2. The van der Waals surface area contributed by atoms with E-state index in [4.69, 9.17) is 9.47 Å². The molecular weight excluding hydrogens is 504 g/mol. The Labute approximate surface area is 224 Å². The van der Waals surface area contributed by atoms with Crippen LogP contribution in [0.4, 0.5) is 0 Å². The molecule has 0 amide bonds. The van der Waals surface area contributed by atoms with Crippen molar-refractivity contribution in [3.8, 4) is 5.75 Å². The molecule has 1 unspecified atom stereocenters. The molecule has 1 aliphatic rings. The predicted octanol–water partition coefficient (Wildman–Crippen LogP) is 3.47. The first-order valence-electron chi connectivity index (χ1n) is 12.3. The quantitative estimate of drug-likeness (QED) is 0.411. The molecule has 2 heterocycles. The van der Waals surface area contributed by atoms with Crippen molar-refractivity contribution < 1.29 is 23.8 Å². The van der Waals surface area contributed by atoms with Gasteiger partial charge in [0, 0.05) is 0 Å². The van der Waals surface area contributed by atoms with Crippen LogP contribution in [0.2, 0.25) is 0 Å². The van der Waals surface area contributed by atoms with Crippen molar-refractivity contribution in [1.82, 2.24) is 4.57 Å². The molecule has 1 aromatic heterocycles. The Morgan fingerprint density at radius 1 is 1.11 bits per heavy atom. The zero-order chi connectivity index (χ0) is 27.4. The molecular formula is C29H30N2O6S. The molecule has 0 radical (unpaired) electrons. The van der Waals surface area contributed by atoms with Gasteiger partial charge in [-0.3, -0.25) is 9.36 Å². The molecule has 1 aliphatic heterocycles. The van der Waals surface area contributed by atoms with Crippen molar-refractivity contribution in [2.45, 2.75) is 39.7 Å². The lowest BCUT2D eigenvalue weighted by Crippen LogP contribution is -2.39. The first-order chi connectivity index (χ1) is 18.2. The molecule has 2 aromatic carbocycles. The van der Waals surface area contributed by atoms with Gasteiger partial charge in [0.15, 0.2) is 11.4 Å². The van der Waals surface area contributed by atoms with Gasteiger partial charge in [-0.1, -0.05) is 61.6 Å². The number of nitrogens with zero attached hydrogens (tertiary/aromatic N) is 2. The Morgan fingerprint density at radius 2 is 1.79 bits per heavy atom. The van der Waals surface area contributed by atoms with Gasteiger partial charge in [0.2, 0.25) is 0 Å². The standard InChI is InChI=1S/C29H30N2O6S/c1-6-36-28(34)25-18(4)30-29-31(26(25)21-11-9-20(10-12-21)17(2)3)27(33)23(38-29)15-19-7-13-22(14-8-19)37-16-24(32)35-5/h7-15,17,26H,6,16H2,1-5H3. The molecule has 0 fully saturated rings. The minimum atomic E-state index is -0.650.